The van der Waals surface area contributed by atoms with Gasteiger partial charge in [0.05, 0.1) is 12.3 Å². The summed E-state index contributed by atoms with van der Waals surface area (Å²) >= 11 is 12.5. The molecule has 0 saturated carbocycles. The number of carboxylic acids is 1. The molecule has 0 atom stereocenters. The van der Waals surface area contributed by atoms with Crippen molar-refractivity contribution < 1.29 is 9.90 Å². The molecule has 1 heterocycles. The van der Waals surface area contributed by atoms with Crippen LogP contribution in [0.5, 0.6) is 0 Å². The second kappa shape index (κ2) is 7.03. The largest absolute Gasteiger partial charge is 0.480 e. The molecule has 2 aromatic carbocycles. The first-order valence-electron chi connectivity index (χ1n) is 7.16. The minimum atomic E-state index is -1.000. The minimum absolute atomic E-state index is 0.222. The number of aliphatic imine (C=N–C) groups is 2. The zero-order valence-electron chi connectivity index (χ0n) is 12.5. The highest BCUT2D eigenvalue weighted by Crippen LogP contribution is 2.28. The third-order valence-corrected chi connectivity index (χ3v) is 4.00. The van der Waals surface area contributed by atoms with Gasteiger partial charge < -0.3 is 10.4 Å². The van der Waals surface area contributed by atoms with E-state index in [1.165, 1.54) is 0 Å². The van der Waals surface area contributed by atoms with Crippen molar-refractivity contribution >= 4 is 46.4 Å². The fraction of sp³-hybridized carbons (Fsp3) is 0.118. The number of rotatable bonds is 3. The van der Waals surface area contributed by atoms with Gasteiger partial charge in [-0.2, -0.15) is 0 Å². The second-order valence-corrected chi connectivity index (χ2v) is 5.96. The molecule has 2 N–H and O–H groups in total. The monoisotopic (exact) mass is 361 g/mol. The maximum atomic E-state index is 10.7. The number of hydrogen-bond donors (Lipinski definition) is 2. The van der Waals surface area contributed by atoms with E-state index < -0.39 is 5.97 Å². The molecule has 0 saturated heterocycles. The molecular formula is C17H13Cl2N3O2. The summed E-state index contributed by atoms with van der Waals surface area (Å²) in [5.41, 5.74) is 3.01. The van der Waals surface area contributed by atoms with Crippen LogP contribution in [0.3, 0.4) is 0 Å². The van der Waals surface area contributed by atoms with Crippen molar-refractivity contribution in [1.82, 2.24) is 0 Å². The molecule has 3 rings (SSSR count). The van der Waals surface area contributed by atoms with E-state index in [9.17, 15) is 4.79 Å². The van der Waals surface area contributed by atoms with Gasteiger partial charge in [0.25, 0.3) is 0 Å². The van der Waals surface area contributed by atoms with Gasteiger partial charge in [-0.3, -0.25) is 14.8 Å². The van der Waals surface area contributed by atoms with Gasteiger partial charge in [-0.25, -0.2) is 0 Å². The van der Waals surface area contributed by atoms with Crippen molar-refractivity contribution in [2.75, 3.05) is 18.4 Å². The number of nitrogens with zero attached hydrogens (tertiary/aromatic N) is 2. The smallest absolute Gasteiger partial charge is 0.325 e. The van der Waals surface area contributed by atoms with E-state index in [1.807, 2.05) is 24.3 Å². The fourth-order valence-corrected chi connectivity index (χ4v) is 2.79. The van der Waals surface area contributed by atoms with E-state index >= 15 is 0 Å². The normalized spacial score (nSPS) is 15.2. The molecule has 1 aliphatic heterocycles. The summed E-state index contributed by atoms with van der Waals surface area (Å²) < 4.78 is 0. The van der Waals surface area contributed by atoms with Gasteiger partial charge in [0.1, 0.15) is 12.4 Å². The lowest BCUT2D eigenvalue weighted by Gasteiger charge is -2.12. The molecule has 0 spiro atoms. The van der Waals surface area contributed by atoms with E-state index in [-0.39, 0.29) is 13.1 Å². The SMILES string of the molecule is O=C(O)CN=C1CN=C(c2ccccc2Cl)c2cc(Cl)ccc2N1. The van der Waals surface area contributed by atoms with Crippen LogP contribution >= 0.6 is 23.2 Å². The Morgan fingerprint density at radius 3 is 2.75 bits per heavy atom. The lowest BCUT2D eigenvalue weighted by atomic mass is 10.0. The van der Waals surface area contributed by atoms with Crippen LogP contribution in [0.2, 0.25) is 10.0 Å². The topological polar surface area (TPSA) is 74.0 Å². The molecule has 0 amide bonds. The maximum absolute atomic E-state index is 10.7. The van der Waals surface area contributed by atoms with E-state index in [0.717, 1.165) is 16.8 Å². The van der Waals surface area contributed by atoms with Gasteiger partial charge in [0.2, 0.25) is 0 Å². The molecule has 0 radical (unpaired) electrons. The third-order valence-electron chi connectivity index (χ3n) is 3.44. The van der Waals surface area contributed by atoms with Crippen molar-refractivity contribution in [3.05, 3.63) is 63.6 Å². The number of amidine groups is 1. The fourth-order valence-electron chi connectivity index (χ4n) is 2.39. The van der Waals surface area contributed by atoms with Crippen LogP contribution in [0.25, 0.3) is 0 Å². The Morgan fingerprint density at radius 1 is 1.21 bits per heavy atom. The number of benzodiazepines with no additional fused rings is 1. The van der Waals surface area contributed by atoms with Crippen molar-refractivity contribution in [3.8, 4) is 0 Å². The highest BCUT2D eigenvalue weighted by Gasteiger charge is 2.19. The minimum Gasteiger partial charge on any atom is -0.480 e. The molecule has 0 bridgehead atoms. The van der Waals surface area contributed by atoms with Crippen LogP contribution in [-0.2, 0) is 4.79 Å². The Hall–Kier alpha value is -2.37. The van der Waals surface area contributed by atoms with Crippen molar-refractivity contribution in [2.45, 2.75) is 0 Å². The van der Waals surface area contributed by atoms with Crippen molar-refractivity contribution in [2.24, 2.45) is 9.98 Å². The lowest BCUT2D eigenvalue weighted by Crippen LogP contribution is -2.17. The zero-order chi connectivity index (χ0) is 17.1. The van der Waals surface area contributed by atoms with Crippen LogP contribution in [0.15, 0.2) is 52.4 Å². The predicted octanol–water partition coefficient (Wildman–Crippen LogP) is 3.74. The summed E-state index contributed by atoms with van der Waals surface area (Å²) in [6.07, 6.45) is 0. The van der Waals surface area contributed by atoms with Gasteiger partial charge >= 0.3 is 5.97 Å². The standard InChI is InChI=1S/C17H13Cl2N3O2/c18-10-5-6-14-12(7-10)17(11-3-1-2-4-13(11)19)21-8-15(22-14)20-9-16(23)24/h1-7H,8-9H2,(H,20,22)(H,23,24). The molecule has 0 unspecified atom stereocenters. The van der Waals surface area contributed by atoms with E-state index in [4.69, 9.17) is 28.3 Å². The highest BCUT2D eigenvalue weighted by molar-refractivity contribution is 6.37. The van der Waals surface area contributed by atoms with Gasteiger partial charge in [-0.15, -0.1) is 0 Å². The number of anilines is 1. The number of benzene rings is 2. The Morgan fingerprint density at radius 2 is 2.00 bits per heavy atom. The van der Waals surface area contributed by atoms with Crippen LogP contribution in [0, 0.1) is 0 Å². The number of fused-ring (bicyclic) bond motifs is 1. The number of aliphatic carboxylic acids is 1. The summed E-state index contributed by atoms with van der Waals surface area (Å²) in [5.74, 6) is -0.525. The molecule has 122 valence electrons. The molecule has 1 aliphatic rings. The van der Waals surface area contributed by atoms with Crippen LogP contribution in [-0.4, -0.2) is 35.7 Å². The number of halogens is 2. The summed E-state index contributed by atoms with van der Waals surface area (Å²) in [6, 6.07) is 12.8. The van der Waals surface area contributed by atoms with E-state index in [1.54, 1.807) is 18.2 Å². The molecule has 0 aromatic heterocycles. The Bertz CT molecular complexity index is 863. The summed E-state index contributed by atoms with van der Waals surface area (Å²) in [6.45, 7) is -0.0949. The van der Waals surface area contributed by atoms with E-state index in [0.29, 0.717) is 21.6 Å². The average Bonchev–Trinajstić information content (AvgIpc) is 2.72. The number of carboxylic acid groups (broad SMARTS) is 1. The van der Waals surface area contributed by atoms with Crippen LogP contribution in [0.4, 0.5) is 5.69 Å². The Kier molecular flexibility index (Phi) is 4.83. The van der Waals surface area contributed by atoms with Crippen molar-refractivity contribution in [3.63, 3.8) is 0 Å². The second-order valence-electron chi connectivity index (χ2n) is 5.12. The lowest BCUT2D eigenvalue weighted by molar-refractivity contribution is -0.135. The number of hydrogen-bond acceptors (Lipinski definition) is 3. The first-order valence-corrected chi connectivity index (χ1v) is 7.91. The Labute approximate surface area is 148 Å². The molecule has 0 fully saturated rings. The Balaban J connectivity index is 2.11. The third kappa shape index (κ3) is 3.58. The maximum Gasteiger partial charge on any atom is 0.325 e. The average molecular weight is 362 g/mol. The quantitative estimate of drug-likeness (QED) is 0.874. The first kappa shape index (κ1) is 16.5. The van der Waals surface area contributed by atoms with Crippen molar-refractivity contribution in [1.29, 1.82) is 0 Å². The van der Waals surface area contributed by atoms with Gasteiger partial charge in [-0.05, 0) is 24.3 Å². The molecular weight excluding hydrogens is 349 g/mol. The molecule has 7 heteroatoms. The highest BCUT2D eigenvalue weighted by atomic mass is 35.5. The van der Waals surface area contributed by atoms with Gasteiger partial charge in [0.15, 0.2) is 0 Å². The van der Waals surface area contributed by atoms with Crippen LogP contribution < -0.4 is 5.32 Å². The first-order chi connectivity index (χ1) is 11.5. The molecule has 24 heavy (non-hydrogen) atoms. The van der Waals surface area contributed by atoms with Crippen LogP contribution in [0.1, 0.15) is 11.1 Å². The summed E-state index contributed by atoms with van der Waals surface area (Å²) in [4.78, 5) is 19.4. The van der Waals surface area contributed by atoms with Gasteiger partial charge in [-0.1, -0.05) is 41.4 Å². The molecule has 5 nitrogen and oxygen atoms in total. The molecule has 2 aromatic rings. The van der Waals surface area contributed by atoms with E-state index in [2.05, 4.69) is 15.3 Å². The predicted molar refractivity (Wildman–Crippen MR) is 97.0 cm³/mol. The number of nitrogens with one attached hydrogen (secondary N) is 1. The summed E-state index contributed by atoms with van der Waals surface area (Å²) in [5, 5.41) is 13.1. The van der Waals surface area contributed by atoms with Gasteiger partial charge in [0, 0.05) is 26.9 Å². The summed E-state index contributed by atoms with van der Waals surface area (Å²) in [7, 11) is 0. The number of carbonyl (C=O) groups is 1. The zero-order valence-corrected chi connectivity index (χ0v) is 14.0. The molecule has 0 aliphatic carbocycles.